The molecule has 1 fully saturated rings. The fraction of sp³-hybridized carbons (Fsp3) is 0.545. The van der Waals surface area contributed by atoms with Gasteiger partial charge in [0.25, 0.3) is 5.56 Å². The summed E-state index contributed by atoms with van der Waals surface area (Å²) in [5.74, 6) is 0. The summed E-state index contributed by atoms with van der Waals surface area (Å²) in [6, 6.07) is 3.49. The number of aliphatic hydroxyl groups is 2. The first-order valence-corrected chi connectivity index (χ1v) is 5.26. The van der Waals surface area contributed by atoms with Gasteiger partial charge in [-0.3, -0.25) is 4.79 Å². The summed E-state index contributed by atoms with van der Waals surface area (Å²) in [5, 5.41) is 18.5. The van der Waals surface area contributed by atoms with E-state index < -0.39 is 18.3 Å². The number of ether oxygens (including phenoxy) is 1. The predicted octanol–water partition coefficient (Wildman–Crippen LogP) is -0.133. The van der Waals surface area contributed by atoms with E-state index in [-0.39, 0.29) is 12.2 Å². The molecule has 0 saturated carbocycles. The number of pyridine rings is 1. The van der Waals surface area contributed by atoms with Crippen LogP contribution in [0, 0.1) is 6.92 Å². The highest BCUT2D eigenvalue weighted by Gasteiger charge is 2.35. The summed E-state index contributed by atoms with van der Waals surface area (Å²) in [4.78, 5) is 14.3. The van der Waals surface area contributed by atoms with Crippen molar-refractivity contribution in [1.82, 2.24) is 4.98 Å². The average Bonchev–Trinajstić information content (AvgIpc) is 2.59. The number of nitrogens with one attached hydrogen (secondary N) is 1. The van der Waals surface area contributed by atoms with Gasteiger partial charge in [-0.2, -0.15) is 0 Å². The van der Waals surface area contributed by atoms with Crippen molar-refractivity contribution in [3.8, 4) is 0 Å². The van der Waals surface area contributed by atoms with E-state index >= 15 is 0 Å². The van der Waals surface area contributed by atoms with Crippen LogP contribution in [0.25, 0.3) is 0 Å². The Labute approximate surface area is 92.7 Å². The van der Waals surface area contributed by atoms with E-state index in [0.29, 0.717) is 12.0 Å². The van der Waals surface area contributed by atoms with Crippen molar-refractivity contribution in [2.45, 2.75) is 31.7 Å². The fourth-order valence-electron chi connectivity index (χ4n) is 1.93. The highest BCUT2D eigenvalue weighted by molar-refractivity contribution is 5.17. The summed E-state index contributed by atoms with van der Waals surface area (Å²) in [6.07, 6.45) is -1.39. The van der Waals surface area contributed by atoms with Crippen LogP contribution in [0.3, 0.4) is 0 Å². The Kier molecular flexibility index (Phi) is 3.09. The van der Waals surface area contributed by atoms with Gasteiger partial charge in [-0.1, -0.05) is 0 Å². The number of aryl methyl sites for hydroxylation is 1. The lowest BCUT2D eigenvalue weighted by molar-refractivity contribution is -0.0228. The minimum absolute atomic E-state index is 0.198. The van der Waals surface area contributed by atoms with Crippen LogP contribution in [0.2, 0.25) is 0 Å². The molecular formula is C11H15NO4. The molecule has 0 aromatic carbocycles. The van der Waals surface area contributed by atoms with Crippen LogP contribution in [-0.4, -0.2) is 34.0 Å². The molecule has 0 amide bonds. The van der Waals surface area contributed by atoms with E-state index in [1.54, 1.807) is 19.1 Å². The molecule has 16 heavy (non-hydrogen) atoms. The Balaban J connectivity index is 2.23. The Morgan fingerprint density at radius 2 is 2.31 bits per heavy atom. The molecule has 1 aliphatic heterocycles. The van der Waals surface area contributed by atoms with Crippen LogP contribution < -0.4 is 5.56 Å². The lowest BCUT2D eigenvalue weighted by Gasteiger charge is -2.11. The van der Waals surface area contributed by atoms with Gasteiger partial charge in [0.15, 0.2) is 0 Å². The Morgan fingerprint density at radius 3 is 2.88 bits per heavy atom. The first-order valence-electron chi connectivity index (χ1n) is 5.26. The first-order chi connectivity index (χ1) is 7.61. The quantitative estimate of drug-likeness (QED) is 0.654. The van der Waals surface area contributed by atoms with Crippen molar-refractivity contribution in [1.29, 1.82) is 0 Å². The van der Waals surface area contributed by atoms with Crippen molar-refractivity contribution in [2.24, 2.45) is 0 Å². The highest BCUT2D eigenvalue weighted by atomic mass is 16.5. The van der Waals surface area contributed by atoms with Crippen molar-refractivity contribution in [2.75, 3.05) is 6.61 Å². The molecule has 0 unspecified atom stereocenters. The minimum Gasteiger partial charge on any atom is -0.394 e. The third kappa shape index (κ3) is 2.02. The number of aromatic nitrogens is 1. The summed E-state index contributed by atoms with van der Waals surface area (Å²) in [7, 11) is 0. The zero-order valence-corrected chi connectivity index (χ0v) is 9.01. The number of aliphatic hydroxyl groups excluding tert-OH is 2. The third-order valence-corrected chi connectivity index (χ3v) is 2.84. The lowest BCUT2D eigenvalue weighted by atomic mass is 10.1. The molecule has 3 atom stereocenters. The molecule has 5 nitrogen and oxygen atoms in total. The topological polar surface area (TPSA) is 82.5 Å². The van der Waals surface area contributed by atoms with Crippen molar-refractivity contribution in [3.63, 3.8) is 0 Å². The molecule has 2 heterocycles. The van der Waals surface area contributed by atoms with Crippen LogP contribution in [-0.2, 0) is 4.74 Å². The SMILES string of the molecule is Cc1ccc([C@H]2C[C@H](O)[C@@H](CO)O2)c(=O)[nH]1. The molecule has 0 radical (unpaired) electrons. The average molecular weight is 225 g/mol. The number of aromatic amines is 1. The van der Waals surface area contributed by atoms with E-state index in [1.165, 1.54) is 0 Å². The van der Waals surface area contributed by atoms with E-state index in [4.69, 9.17) is 9.84 Å². The van der Waals surface area contributed by atoms with Gasteiger partial charge in [0, 0.05) is 17.7 Å². The molecule has 5 heteroatoms. The number of rotatable bonds is 2. The van der Waals surface area contributed by atoms with Gasteiger partial charge >= 0.3 is 0 Å². The van der Waals surface area contributed by atoms with Crippen molar-refractivity contribution >= 4 is 0 Å². The second kappa shape index (κ2) is 4.37. The zero-order valence-electron chi connectivity index (χ0n) is 9.01. The number of H-pyrrole nitrogens is 1. The normalized spacial score (nSPS) is 29.6. The largest absolute Gasteiger partial charge is 0.394 e. The Bertz CT molecular complexity index is 428. The van der Waals surface area contributed by atoms with Gasteiger partial charge in [-0.15, -0.1) is 0 Å². The first kappa shape index (κ1) is 11.3. The summed E-state index contributed by atoms with van der Waals surface area (Å²) in [6.45, 7) is 1.56. The van der Waals surface area contributed by atoms with Crippen LogP contribution in [0.1, 0.15) is 23.8 Å². The van der Waals surface area contributed by atoms with E-state index in [1.807, 2.05) is 0 Å². The summed E-state index contributed by atoms with van der Waals surface area (Å²) < 4.78 is 5.41. The molecule has 88 valence electrons. The van der Waals surface area contributed by atoms with E-state index in [2.05, 4.69) is 4.98 Å². The number of hydrogen-bond donors (Lipinski definition) is 3. The Morgan fingerprint density at radius 1 is 1.56 bits per heavy atom. The maximum atomic E-state index is 11.6. The van der Waals surface area contributed by atoms with Crippen LogP contribution >= 0.6 is 0 Å². The van der Waals surface area contributed by atoms with Gasteiger partial charge in [-0.25, -0.2) is 0 Å². The van der Waals surface area contributed by atoms with Crippen molar-refractivity contribution < 1.29 is 14.9 Å². The van der Waals surface area contributed by atoms with Gasteiger partial charge in [0.05, 0.1) is 18.8 Å². The van der Waals surface area contributed by atoms with E-state index in [9.17, 15) is 9.90 Å². The molecule has 1 aromatic rings. The summed E-state index contributed by atoms with van der Waals surface area (Å²) >= 11 is 0. The predicted molar refractivity (Wildman–Crippen MR) is 57.1 cm³/mol. The second-order valence-electron chi connectivity index (χ2n) is 4.07. The molecule has 3 N–H and O–H groups in total. The molecule has 1 aliphatic rings. The maximum absolute atomic E-state index is 11.6. The third-order valence-electron chi connectivity index (χ3n) is 2.84. The van der Waals surface area contributed by atoms with Gasteiger partial charge in [-0.05, 0) is 19.1 Å². The lowest BCUT2D eigenvalue weighted by Crippen LogP contribution is -2.24. The summed E-state index contributed by atoms with van der Waals surface area (Å²) in [5.41, 5.74) is 1.09. The van der Waals surface area contributed by atoms with Gasteiger partial charge in [0.1, 0.15) is 6.10 Å². The number of hydrogen-bond acceptors (Lipinski definition) is 4. The minimum atomic E-state index is -0.712. The van der Waals surface area contributed by atoms with Crippen LogP contribution in [0.15, 0.2) is 16.9 Å². The standard InChI is InChI=1S/C11H15NO4/c1-6-2-3-7(11(15)12-6)9-4-8(14)10(5-13)16-9/h2-3,8-10,13-14H,4-5H2,1H3,(H,12,15)/t8-,9+,10+/m0/s1. The van der Waals surface area contributed by atoms with Crippen molar-refractivity contribution in [3.05, 3.63) is 33.7 Å². The van der Waals surface area contributed by atoms with Gasteiger partial charge < -0.3 is 19.9 Å². The zero-order chi connectivity index (χ0) is 11.7. The molecule has 2 rings (SSSR count). The molecular weight excluding hydrogens is 210 g/mol. The molecule has 0 spiro atoms. The molecule has 0 aliphatic carbocycles. The highest BCUT2D eigenvalue weighted by Crippen LogP contribution is 2.30. The van der Waals surface area contributed by atoms with Crippen LogP contribution in [0.4, 0.5) is 0 Å². The maximum Gasteiger partial charge on any atom is 0.253 e. The van der Waals surface area contributed by atoms with E-state index in [0.717, 1.165) is 5.69 Å². The molecule has 1 aromatic heterocycles. The van der Waals surface area contributed by atoms with Gasteiger partial charge in [0.2, 0.25) is 0 Å². The molecule has 1 saturated heterocycles. The fourth-order valence-corrected chi connectivity index (χ4v) is 1.93. The smallest absolute Gasteiger partial charge is 0.253 e. The molecule has 0 bridgehead atoms. The Hall–Kier alpha value is -1.17. The second-order valence-corrected chi connectivity index (χ2v) is 4.07. The monoisotopic (exact) mass is 225 g/mol. The van der Waals surface area contributed by atoms with Crippen LogP contribution in [0.5, 0.6) is 0 Å².